The molecule has 0 saturated carbocycles. The van der Waals surface area contributed by atoms with Crippen LogP contribution in [0.4, 0.5) is 11.4 Å². The molecule has 1 unspecified atom stereocenters. The van der Waals surface area contributed by atoms with Crippen molar-refractivity contribution in [3.05, 3.63) is 59.4 Å². The normalized spacial score (nSPS) is 15.3. The Morgan fingerprint density at radius 1 is 1.00 bits per heavy atom. The monoisotopic (exact) mass is 408 g/mol. The second kappa shape index (κ2) is 8.61. The van der Waals surface area contributed by atoms with Gasteiger partial charge in [-0.2, -0.15) is 5.10 Å². The minimum atomic E-state index is -0.155. The summed E-state index contributed by atoms with van der Waals surface area (Å²) < 4.78 is 8.24. The number of anilines is 2. The summed E-state index contributed by atoms with van der Waals surface area (Å²) in [6, 6.07) is 12.2. The molecule has 158 valence electrons. The zero-order chi connectivity index (χ0) is 21.1. The molecule has 4 rings (SSSR count). The van der Waals surface area contributed by atoms with Gasteiger partial charge in [0.2, 0.25) is 0 Å². The van der Waals surface area contributed by atoms with E-state index in [4.69, 9.17) is 4.74 Å². The Bertz CT molecular complexity index is 1020. The van der Waals surface area contributed by atoms with Gasteiger partial charge in [0.15, 0.2) is 0 Å². The van der Waals surface area contributed by atoms with Crippen molar-refractivity contribution in [1.29, 1.82) is 0 Å². The van der Waals surface area contributed by atoms with Gasteiger partial charge in [0.05, 0.1) is 25.0 Å². The molecule has 1 atom stereocenters. The minimum absolute atomic E-state index is 0.0695. The lowest BCUT2D eigenvalue weighted by Gasteiger charge is -2.37. The number of hydrogen-bond acceptors (Lipinski definition) is 6. The van der Waals surface area contributed by atoms with Crippen molar-refractivity contribution in [3.8, 4) is 11.6 Å². The maximum absolute atomic E-state index is 12.6. The largest absolute Gasteiger partial charge is 0.497 e. The number of hydrogen-bond donors (Lipinski definition) is 0. The van der Waals surface area contributed by atoms with Crippen LogP contribution in [0.1, 0.15) is 26.3 Å². The first-order chi connectivity index (χ1) is 14.6. The third-order valence-electron chi connectivity index (χ3n) is 5.76. The molecule has 0 radical (unpaired) electrons. The summed E-state index contributed by atoms with van der Waals surface area (Å²) in [6.07, 6.45) is 4.24. The Morgan fingerprint density at radius 2 is 1.63 bits per heavy atom. The Labute approximate surface area is 176 Å². The van der Waals surface area contributed by atoms with Gasteiger partial charge in [0.1, 0.15) is 17.9 Å². The van der Waals surface area contributed by atoms with E-state index in [0.29, 0.717) is 5.82 Å². The van der Waals surface area contributed by atoms with E-state index in [1.807, 2.05) is 44.3 Å². The number of ether oxygens (including phenoxy) is 1. The van der Waals surface area contributed by atoms with E-state index in [1.165, 1.54) is 14.9 Å². The van der Waals surface area contributed by atoms with Crippen molar-refractivity contribution < 1.29 is 4.74 Å². The fraction of sp³-hybridized carbons (Fsp3) is 0.409. The zero-order valence-corrected chi connectivity index (χ0v) is 17.7. The molecule has 8 nitrogen and oxygen atoms in total. The lowest BCUT2D eigenvalue weighted by molar-refractivity contribution is 0.415. The highest BCUT2D eigenvalue weighted by molar-refractivity contribution is 5.53. The van der Waals surface area contributed by atoms with Crippen LogP contribution in [0.15, 0.2) is 53.7 Å². The van der Waals surface area contributed by atoms with Crippen LogP contribution in [-0.2, 0) is 0 Å². The number of pyridine rings is 1. The molecule has 0 aliphatic carbocycles. The van der Waals surface area contributed by atoms with Gasteiger partial charge in [-0.05, 0) is 49.7 Å². The first-order valence-electron chi connectivity index (χ1n) is 10.4. The summed E-state index contributed by atoms with van der Waals surface area (Å²) in [5.41, 5.74) is 2.12. The van der Waals surface area contributed by atoms with Crippen LogP contribution in [0.3, 0.4) is 0 Å². The second-order valence-electron chi connectivity index (χ2n) is 7.53. The third kappa shape index (κ3) is 3.90. The molecule has 1 aliphatic rings. The van der Waals surface area contributed by atoms with Gasteiger partial charge in [-0.15, -0.1) is 0 Å². The fourth-order valence-electron chi connectivity index (χ4n) is 3.67. The molecule has 0 bridgehead atoms. The summed E-state index contributed by atoms with van der Waals surface area (Å²) in [5, 5.41) is 4.23. The van der Waals surface area contributed by atoms with Crippen LogP contribution >= 0.6 is 0 Å². The number of piperazine rings is 1. The minimum Gasteiger partial charge on any atom is -0.497 e. The molecule has 30 heavy (non-hydrogen) atoms. The lowest BCUT2D eigenvalue weighted by Crippen LogP contribution is -2.46. The number of nitrogens with zero attached hydrogens (tertiary/aromatic N) is 6. The van der Waals surface area contributed by atoms with Crippen molar-refractivity contribution in [3.63, 3.8) is 0 Å². The van der Waals surface area contributed by atoms with Crippen LogP contribution in [-0.4, -0.2) is 52.6 Å². The maximum atomic E-state index is 12.6. The first-order valence-corrected chi connectivity index (χ1v) is 10.4. The van der Waals surface area contributed by atoms with Crippen LogP contribution in [0.5, 0.6) is 5.75 Å². The van der Waals surface area contributed by atoms with Crippen LogP contribution < -0.4 is 20.2 Å². The molecule has 1 saturated heterocycles. The fourth-order valence-corrected chi connectivity index (χ4v) is 3.67. The Kier molecular flexibility index (Phi) is 5.74. The van der Waals surface area contributed by atoms with Gasteiger partial charge < -0.3 is 14.5 Å². The van der Waals surface area contributed by atoms with E-state index < -0.39 is 0 Å². The summed E-state index contributed by atoms with van der Waals surface area (Å²) in [7, 11) is 1.68. The van der Waals surface area contributed by atoms with Crippen LogP contribution in [0.25, 0.3) is 5.82 Å². The molecule has 8 heteroatoms. The Morgan fingerprint density at radius 3 is 2.20 bits per heavy atom. The maximum Gasteiger partial charge on any atom is 0.351 e. The van der Waals surface area contributed by atoms with E-state index in [-0.39, 0.29) is 11.7 Å². The molecule has 1 aliphatic heterocycles. The molecule has 3 aromatic rings. The van der Waals surface area contributed by atoms with E-state index in [9.17, 15) is 4.79 Å². The summed E-state index contributed by atoms with van der Waals surface area (Å²) in [5.74, 6) is 1.47. The highest BCUT2D eigenvalue weighted by Crippen LogP contribution is 2.23. The van der Waals surface area contributed by atoms with Crippen molar-refractivity contribution >= 4 is 11.4 Å². The lowest BCUT2D eigenvalue weighted by atomic mass is 10.2. The van der Waals surface area contributed by atoms with Gasteiger partial charge in [0.25, 0.3) is 0 Å². The van der Waals surface area contributed by atoms with Crippen LogP contribution in [0.2, 0.25) is 0 Å². The second-order valence-corrected chi connectivity index (χ2v) is 7.53. The smallest absolute Gasteiger partial charge is 0.351 e. The molecule has 0 N–H and O–H groups in total. The van der Waals surface area contributed by atoms with E-state index in [1.54, 1.807) is 13.4 Å². The van der Waals surface area contributed by atoms with E-state index >= 15 is 0 Å². The van der Waals surface area contributed by atoms with Gasteiger partial charge in [0, 0.05) is 31.9 Å². The number of aromatic nitrogens is 4. The average Bonchev–Trinajstić information content (AvgIpc) is 3.20. The number of benzene rings is 1. The SMILES string of the molecule is CCC(C)n1ncn(-c2ccc(N3CCN(c4ccc(OC)cc4)CC3)cn2)c1=O. The zero-order valence-electron chi connectivity index (χ0n) is 17.7. The van der Waals surface area contributed by atoms with Crippen molar-refractivity contribution in [2.45, 2.75) is 26.3 Å². The summed E-state index contributed by atoms with van der Waals surface area (Å²) in [6.45, 7) is 7.74. The number of rotatable bonds is 6. The standard InChI is InChI=1S/C22H28N6O2/c1-4-17(2)28-22(29)27(16-24-28)21-10-7-19(15-23-21)26-13-11-25(12-14-26)18-5-8-20(30-3)9-6-18/h5-10,15-17H,4,11-14H2,1-3H3. The van der Waals surface area contributed by atoms with Gasteiger partial charge in [-0.25, -0.2) is 19.0 Å². The van der Waals surface area contributed by atoms with E-state index in [0.717, 1.165) is 44.0 Å². The molecular weight excluding hydrogens is 380 g/mol. The highest BCUT2D eigenvalue weighted by atomic mass is 16.5. The Hall–Kier alpha value is -3.29. The topological polar surface area (TPSA) is 68.4 Å². The van der Waals surface area contributed by atoms with E-state index in [2.05, 4.69) is 32.0 Å². The van der Waals surface area contributed by atoms with Gasteiger partial charge in [-0.3, -0.25) is 0 Å². The number of methoxy groups -OCH3 is 1. The molecule has 2 aromatic heterocycles. The average molecular weight is 409 g/mol. The van der Waals surface area contributed by atoms with Gasteiger partial charge >= 0.3 is 5.69 Å². The van der Waals surface area contributed by atoms with Crippen LogP contribution in [0, 0.1) is 0 Å². The predicted molar refractivity (Wildman–Crippen MR) is 118 cm³/mol. The molecule has 3 heterocycles. The first kappa shape index (κ1) is 20.0. The van der Waals surface area contributed by atoms with Crippen molar-refractivity contribution in [2.24, 2.45) is 0 Å². The molecule has 0 spiro atoms. The molecule has 1 fully saturated rings. The van der Waals surface area contributed by atoms with Crippen molar-refractivity contribution in [1.82, 2.24) is 19.3 Å². The predicted octanol–water partition coefficient (Wildman–Crippen LogP) is 2.74. The van der Waals surface area contributed by atoms with Gasteiger partial charge in [-0.1, -0.05) is 6.92 Å². The summed E-state index contributed by atoms with van der Waals surface area (Å²) >= 11 is 0. The van der Waals surface area contributed by atoms with Crippen molar-refractivity contribution in [2.75, 3.05) is 43.1 Å². The quantitative estimate of drug-likeness (QED) is 0.625. The third-order valence-corrected chi connectivity index (χ3v) is 5.76. The molecule has 1 aromatic carbocycles. The molecular formula is C22H28N6O2. The summed E-state index contributed by atoms with van der Waals surface area (Å²) in [4.78, 5) is 21.8. The Balaban J connectivity index is 1.42. The molecule has 0 amide bonds. The highest BCUT2D eigenvalue weighted by Gasteiger charge is 2.18.